The third kappa shape index (κ3) is 6.87. The zero-order chi connectivity index (χ0) is 22.4. The van der Waals surface area contributed by atoms with E-state index in [1.807, 2.05) is 32.9 Å². The zero-order valence-corrected chi connectivity index (χ0v) is 19.5. The number of ether oxygens (including phenoxy) is 2. The number of esters is 1. The Balaban J connectivity index is 2.19. The summed E-state index contributed by atoms with van der Waals surface area (Å²) in [5.74, 6) is 1.21. The van der Waals surface area contributed by atoms with Gasteiger partial charge < -0.3 is 14.6 Å². The van der Waals surface area contributed by atoms with Gasteiger partial charge >= 0.3 is 5.97 Å². The summed E-state index contributed by atoms with van der Waals surface area (Å²) in [5.41, 5.74) is 1.41. The van der Waals surface area contributed by atoms with Crippen molar-refractivity contribution in [1.82, 2.24) is 0 Å². The van der Waals surface area contributed by atoms with Crippen LogP contribution in [0, 0.1) is 11.3 Å². The van der Waals surface area contributed by atoms with Crippen molar-refractivity contribution in [1.29, 1.82) is 0 Å². The topological polar surface area (TPSA) is 55.8 Å². The van der Waals surface area contributed by atoms with E-state index >= 15 is 0 Å². The molecule has 1 aliphatic rings. The summed E-state index contributed by atoms with van der Waals surface area (Å²) >= 11 is 0. The number of benzene rings is 1. The van der Waals surface area contributed by atoms with Crippen LogP contribution in [0.15, 0.2) is 36.4 Å². The first-order valence-corrected chi connectivity index (χ1v) is 11.3. The minimum atomic E-state index is -0.518. The lowest BCUT2D eigenvalue weighted by atomic mass is 9.61. The molecule has 1 aliphatic carbocycles. The van der Waals surface area contributed by atoms with Gasteiger partial charge in [-0.05, 0) is 82.9 Å². The normalized spacial score (nSPS) is 24.3. The zero-order valence-electron chi connectivity index (χ0n) is 19.5. The molecule has 4 heteroatoms. The Morgan fingerprint density at radius 2 is 1.93 bits per heavy atom. The largest absolute Gasteiger partial charge is 0.494 e. The minimum Gasteiger partial charge on any atom is -0.494 e. The number of aliphatic hydroxyl groups excluding tert-OH is 1. The lowest BCUT2D eigenvalue weighted by Gasteiger charge is -2.44. The Labute approximate surface area is 182 Å². The molecule has 0 saturated heterocycles. The van der Waals surface area contributed by atoms with Crippen LogP contribution in [0.3, 0.4) is 0 Å². The summed E-state index contributed by atoms with van der Waals surface area (Å²) in [6.45, 7) is 14.8. The van der Waals surface area contributed by atoms with Crippen LogP contribution in [0.1, 0.15) is 84.6 Å². The van der Waals surface area contributed by atoms with Gasteiger partial charge in [0.25, 0.3) is 0 Å². The number of aliphatic hydroxyl groups is 1. The first kappa shape index (κ1) is 24.5. The van der Waals surface area contributed by atoms with Crippen molar-refractivity contribution in [3.8, 4) is 5.75 Å². The van der Waals surface area contributed by atoms with Crippen molar-refractivity contribution < 1.29 is 19.4 Å². The molecule has 0 unspecified atom stereocenters. The second-order valence-corrected chi connectivity index (χ2v) is 9.99. The second-order valence-electron chi connectivity index (χ2n) is 9.99. The standard InChI is InChI=1S/C26H40O4/c1-7-8-15-29-21-11-9-20(10-12-21)23-16-26(18-27,14-13-22(23)19(2)3)17-24(28)30-25(4,5)6/h9-12,22-23,27H,2,7-8,13-18H2,1,3-6H3/t22-,23-,26-/m0/s1. The molecule has 0 heterocycles. The summed E-state index contributed by atoms with van der Waals surface area (Å²) < 4.78 is 11.4. The van der Waals surface area contributed by atoms with E-state index in [4.69, 9.17) is 9.47 Å². The fourth-order valence-corrected chi connectivity index (χ4v) is 4.50. The number of carbonyl (C=O) groups is 1. The SMILES string of the molecule is C=C(C)[C@@H]1CC[C@@](CO)(CC(=O)OC(C)(C)C)C[C@H]1c1ccc(OCCCC)cc1. The van der Waals surface area contributed by atoms with Crippen LogP contribution >= 0.6 is 0 Å². The van der Waals surface area contributed by atoms with Gasteiger partial charge in [-0.3, -0.25) is 4.79 Å². The summed E-state index contributed by atoms with van der Waals surface area (Å²) in [6.07, 6.45) is 4.87. The fraction of sp³-hybridized carbons (Fsp3) is 0.654. The van der Waals surface area contributed by atoms with Crippen molar-refractivity contribution in [2.75, 3.05) is 13.2 Å². The third-order valence-corrected chi connectivity index (χ3v) is 6.11. The lowest BCUT2D eigenvalue weighted by molar-refractivity contribution is -0.159. The van der Waals surface area contributed by atoms with Crippen molar-refractivity contribution in [2.24, 2.45) is 11.3 Å². The van der Waals surface area contributed by atoms with Gasteiger partial charge in [-0.25, -0.2) is 0 Å². The van der Waals surface area contributed by atoms with Crippen molar-refractivity contribution in [3.05, 3.63) is 42.0 Å². The maximum Gasteiger partial charge on any atom is 0.306 e. The van der Waals surface area contributed by atoms with Gasteiger partial charge in [-0.1, -0.05) is 37.6 Å². The number of rotatable bonds is 9. The van der Waals surface area contributed by atoms with Crippen molar-refractivity contribution >= 4 is 5.97 Å². The Bertz CT molecular complexity index is 701. The number of unbranched alkanes of at least 4 members (excludes halogenated alkanes) is 1. The molecule has 0 aromatic heterocycles. The average molecular weight is 417 g/mol. The molecule has 1 saturated carbocycles. The summed E-state index contributed by atoms with van der Waals surface area (Å²) in [5, 5.41) is 10.3. The molecule has 0 radical (unpaired) electrons. The highest BCUT2D eigenvalue weighted by atomic mass is 16.6. The summed E-state index contributed by atoms with van der Waals surface area (Å²) in [4.78, 5) is 12.6. The second kappa shape index (κ2) is 10.5. The van der Waals surface area contributed by atoms with Crippen LogP contribution in [-0.2, 0) is 9.53 Å². The molecule has 0 aliphatic heterocycles. The lowest BCUT2D eigenvalue weighted by Crippen LogP contribution is -2.39. The Kier molecular flexibility index (Phi) is 8.54. The van der Waals surface area contributed by atoms with Crippen LogP contribution in [0.2, 0.25) is 0 Å². The van der Waals surface area contributed by atoms with Gasteiger partial charge in [-0.15, -0.1) is 0 Å². The highest BCUT2D eigenvalue weighted by molar-refractivity contribution is 5.71. The number of carbonyl (C=O) groups excluding carboxylic acids is 1. The van der Waals surface area contributed by atoms with Crippen LogP contribution < -0.4 is 4.74 Å². The molecular formula is C26H40O4. The maximum atomic E-state index is 12.6. The quantitative estimate of drug-likeness (QED) is 0.303. The van der Waals surface area contributed by atoms with Gasteiger partial charge in [0.1, 0.15) is 11.4 Å². The van der Waals surface area contributed by atoms with E-state index in [-0.39, 0.29) is 24.9 Å². The maximum absolute atomic E-state index is 12.6. The molecule has 0 bridgehead atoms. The first-order valence-electron chi connectivity index (χ1n) is 11.3. The number of hydrogen-bond acceptors (Lipinski definition) is 4. The van der Waals surface area contributed by atoms with Gasteiger partial charge in [0.05, 0.1) is 13.0 Å². The van der Waals surface area contributed by atoms with Crippen LogP contribution in [0.25, 0.3) is 0 Å². The van der Waals surface area contributed by atoms with Crippen LogP contribution in [0.4, 0.5) is 0 Å². The van der Waals surface area contributed by atoms with Gasteiger partial charge in [0.15, 0.2) is 0 Å². The molecule has 3 atom stereocenters. The van der Waals surface area contributed by atoms with E-state index in [1.54, 1.807) is 0 Å². The Hall–Kier alpha value is -1.81. The number of allylic oxidation sites excluding steroid dienone is 1. The number of hydrogen-bond donors (Lipinski definition) is 1. The summed E-state index contributed by atoms with van der Waals surface area (Å²) in [6, 6.07) is 8.32. The van der Waals surface area contributed by atoms with Gasteiger partial charge in [0.2, 0.25) is 0 Å². The molecule has 1 N–H and O–H groups in total. The summed E-state index contributed by atoms with van der Waals surface area (Å²) in [7, 11) is 0. The van der Waals surface area contributed by atoms with Crippen LogP contribution in [-0.4, -0.2) is 29.9 Å². The average Bonchev–Trinajstić information content (AvgIpc) is 2.67. The highest BCUT2D eigenvalue weighted by Crippen LogP contribution is 2.51. The molecule has 0 amide bonds. The van der Waals surface area contributed by atoms with Gasteiger partial charge in [0, 0.05) is 12.0 Å². The monoisotopic (exact) mass is 416 g/mol. The van der Waals surface area contributed by atoms with E-state index in [9.17, 15) is 9.90 Å². The van der Waals surface area contributed by atoms with E-state index in [0.717, 1.165) is 50.0 Å². The molecule has 1 fully saturated rings. The third-order valence-electron chi connectivity index (χ3n) is 6.11. The van der Waals surface area contributed by atoms with E-state index in [1.165, 1.54) is 5.56 Å². The van der Waals surface area contributed by atoms with E-state index < -0.39 is 11.0 Å². The Morgan fingerprint density at radius 3 is 2.47 bits per heavy atom. The van der Waals surface area contributed by atoms with Crippen molar-refractivity contribution in [3.63, 3.8) is 0 Å². The minimum absolute atomic E-state index is 0.0101. The Morgan fingerprint density at radius 1 is 1.27 bits per heavy atom. The predicted molar refractivity (Wildman–Crippen MR) is 122 cm³/mol. The van der Waals surface area contributed by atoms with E-state index in [0.29, 0.717) is 5.92 Å². The highest BCUT2D eigenvalue weighted by Gasteiger charge is 2.43. The molecule has 1 aromatic rings. The molecular weight excluding hydrogens is 376 g/mol. The smallest absolute Gasteiger partial charge is 0.306 e. The molecule has 30 heavy (non-hydrogen) atoms. The molecule has 168 valence electrons. The molecule has 0 spiro atoms. The van der Waals surface area contributed by atoms with E-state index in [2.05, 4.69) is 32.6 Å². The predicted octanol–water partition coefficient (Wildman–Crippen LogP) is 6.04. The van der Waals surface area contributed by atoms with Crippen LogP contribution in [0.5, 0.6) is 5.75 Å². The van der Waals surface area contributed by atoms with Crippen molar-refractivity contribution in [2.45, 2.75) is 84.7 Å². The first-order chi connectivity index (χ1) is 14.1. The van der Waals surface area contributed by atoms with Gasteiger partial charge in [-0.2, -0.15) is 0 Å². The molecule has 2 rings (SSSR count). The molecule has 1 aromatic carbocycles. The molecule has 4 nitrogen and oxygen atoms in total. The fourth-order valence-electron chi connectivity index (χ4n) is 4.50.